The smallest absolute Gasteiger partial charge is 0.335 e. The van der Waals surface area contributed by atoms with Crippen molar-refractivity contribution < 1.29 is 28.2 Å². The average molecular weight is 643 g/mol. The Bertz CT molecular complexity index is 1560. The third-order valence-electron chi connectivity index (χ3n) is 11.0. The van der Waals surface area contributed by atoms with Gasteiger partial charge in [0.25, 0.3) is 0 Å². The predicted molar refractivity (Wildman–Crippen MR) is 172 cm³/mol. The standard InChI is InChI=1S/C34H43ClN2O6S/c1-33(15-4-7-31(33)44(36,41)42)14-3-6-29(38)26-11-8-24(26)19-37-20-34(16-2-5-22-17-25(35)10-12-27(22)34)21-43-30-13-9-23(32(39)40)18-28(30)37/h3,6,9-10,12-13,17-18,24,26,29,31,38H,2,4-5,7-8,11,14-16,19-21H2,1H3,(H,39,40)(H2,36,41,42)/b6-3+/t24-,26+,29?,31-,33-,34-/m0/s1. The van der Waals surface area contributed by atoms with E-state index in [1.807, 2.05) is 25.1 Å². The number of ether oxygens (including phenoxy) is 1. The molecular weight excluding hydrogens is 600 g/mol. The van der Waals surface area contributed by atoms with Gasteiger partial charge in [-0.3, -0.25) is 0 Å². The number of carboxylic acid groups (broad SMARTS) is 1. The first-order valence-corrected chi connectivity index (χ1v) is 17.8. The van der Waals surface area contributed by atoms with Gasteiger partial charge in [-0.05, 0) is 110 Å². The molecule has 8 nitrogen and oxygen atoms in total. The molecule has 44 heavy (non-hydrogen) atoms. The fourth-order valence-corrected chi connectivity index (χ4v) is 10.1. The molecule has 0 saturated heterocycles. The van der Waals surface area contributed by atoms with Crippen LogP contribution >= 0.6 is 11.6 Å². The van der Waals surface area contributed by atoms with Crippen molar-refractivity contribution in [3.05, 3.63) is 70.3 Å². The highest BCUT2D eigenvalue weighted by Crippen LogP contribution is 2.47. The topological polar surface area (TPSA) is 130 Å². The second-order valence-electron chi connectivity index (χ2n) is 13.8. The van der Waals surface area contributed by atoms with E-state index in [1.165, 1.54) is 11.1 Å². The molecule has 2 fully saturated rings. The first-order chi connectivity index (χ1) is 20.9. The van der Waals surface area contributed by atoms with Crippen molar-refractivity contribution in [3.8, 4) is 5.75 Å². The minimum Gasteiger partial charge on any atom is -0.490 e. The molecule has 10 heteroatoms. The second-order valence-corrected chi connectivity index (χ2v) is 16.0. The summed E-state index contributed by atoms with van der Waals surface area (Å²) in [5.74, 6) is -0.0374. The predicted octanol–water partition coefficient (Wildman–Crippen LogP) is 5.69. The van der Waals surface area contributed by atoms with Gasteiger partial charge in [0.1, 0.15) is 5.75 Å². The van der Waals surface area contributed by atoms with Crippen LogP contribution in [0.2, 0.25) is 5.02 Å². The zero-order valence-electron chi connectivity index (χ0n) is 25.3. The van der Waals surface area contributed by atoms with E-state index in [9.17, 15) is 23.4 Å². The lowest BCUT2D eigenvalue weighted by molar-refractivity contribution is 0.0455. The Hall–Kier alpha value is -2.59. The number of aryl methyl sites for hydroxylation is 1. The fraction of sp³-hybridized carbons (Fsp3) is 0.559. The van der Waals surface area contributed by atoms with Gasteiger partial charge in [-0.1, -0.05) is 43.2 Å². The molecule has 1 aliphatic heterocycles. The third kappa shape index (κ3) is 6.00. The molecule has 6 rings (SSSR count). The van der Waals surface area contributed by atoms with Crippen molar-refractivity contribution in [2.24, 2.45) is 22.4 Å². The molecule has 4 N–H and O–H groups in total. The number of allylic oxidation sites excluding steroid dienone is 1. The number of benzene rings is 2. The van der Waals surface area contributed by atoms with E-state index < -0.39 is 32.8 Å². The number of aliphatic hydroxyl groups is 1. The summed E-state index contributed by atoms with van der Waals surface area (Å²) in [7, 11) is -3.62. The Balaban J connectivity index is 1.23. The molecule has 1 spiro atoms. The zero-order valence-corrected chi connectivity index (χ0v) is 26.8. The minimum atomic E-state index is -3.62. The van der Waals surface area contributed by atoms with Crippen molar-refractivity contribution in [2.75, 3.05) is 24.6 Å². The van der Waals surface area contributed by atoms with Gasteiger partial charge in [0.2, 0.25) is 10.0 Å². The van der Waals surface area contributed by atoms with Crippen LogP contribution in [0.25, 0.3) is 0 Å². The Morgan fingerprint density at radius 1 is 1.18 bits per heavy atom. The monoisotopic (exact) mass is 642 g/mol. The summed E-state index contributed by atoms with van der Waals surface area (Å²) in [5.41, 5.74) is 2.80. The van der Waals surface area contributed by atoms with Crippen molar-refractivity contribution in [2.45, 2.75) is 81.5 Å². The van der Waals surface area contributed by atoms with E-state index in [-0.39, 0.29) is 22.8 Å². The van der Waals surface area contributed by atoms with Crippen LogP contribution in [-0.2, 0) is 21.9 Å². The van der Waals surface area contributed by atoms with E-state index >= 15 is 0 Å². The molecule has 1 unspecified atom stereocenters. The lowest BCUT2D eigenvalue weighted by Crippen LogP contribution is -2.49. The van der Waals surface area contributed by atoms with E-state index in [2.05, 4.69) is 17.0 Å². The molecule has 3 aliphatic carbocycles. The number of fused-ring (bicyclic) bond motifs is 3. The number of nitrogens with zero attached hydrogens (tertiary/aromatic N) is 1. The molecule has 1 heterocycles. The molecule has 238 valence electrons. The Morgan fingerprint density at radius 2 is 2.00 bits per heavy atom. The van der Waals surface area contributed by atoms with E-state index in [1.54, 1.807) is 18.2 Å². The number of halogens is 1. The van der Waals surface area contributed by atoms with Crippen LogP contribution in [0.3, 0.4) is 0 Å². The maximum absolute atomic E-state index is 12.2. The number of hydrogen-bond donors (Lipinski definition) is 3. The first-order valence-electron chi connectivity index (χ1n) is 15.8. The molecule has 6 atom stereocenters. The van der Waals surface area contributed by atoms with Gasteiger partial charge in [-0.2, -0.15) is 0 Å². The van der Waals surface area contributed by atoms with Gasteiger partial charge in [0, 0.05) is 23.5 Å². The van der Waals surface area contributed by atoms with Gasteiger partial charge in [0.15, 0.2) is 0 Å². The van der Waals surface area contributed by atoms with Crippen LogP contribution in [0.4, 0.5) is 5.69 Å². The summed E-state index contributed by atoms with van der Waals surface area (Å²) in [6.07, 6.45) is 10.7. The van der Waals surface area contributed by atoms with Crippen LogP contribution in [0.1, 0.15) is 79.8 Å². The zero-order chi connectivity index (χ0) is 31.3. The van der Waals surface area contributed by atoms with Crippen LogP contribution in [0.5, 0.6) is 5.75 Å². The summed E-state index contributed by atoms with van der Waals surface area (Å²) in [5, 5.41) is 26.7. The molecule has 0 aromatic heterocycles. The summed E-state index contributed by atoms with van der Waals surface area (Å²) < 4.78 is 30.8. The SMILES string of the molecule is C[C@]1(C/C=C/C(O)[C@@H]2CC[C@H]2CN2C[C@@]3(CCCc4cc(Cl)ccc43)COc3ccc(C(=O)O)cc32)CCC[C@@H]1S(N)(=O)=O. The number of aliphatic hydroxyl groups excluding tert-OH is 1. The molecule has 2 aromatic carbocycles. The molecular formula is C34H43ClN2O6S. The molecule has 2 aromatic rings. The number of nitrogens with two attached hydrogens (primary N) is 1. The number of aromatic carboxylic acids is 1. The minimum absolute atomic E-state index is 0.0559. The van der Waals surface area contributed by atoms with Crippen LogP contribution in [0, 0.1) is 17.3 Å². The average Bonchev–Trinajstić information content (AvgIpc) is 3.28. The highest BCUT2D eigenvalue weighted by Gasteiger charge is 2.46. The summed E-state index contributed by atoms with van der Waals surface area (Å²) in [4.78, 5) is 14.2. The fourth-order valence-electron chi connectivity index (χ4n) is 8.42. The van der Waals surface area contributed by atoms with Crippen molar-refractivity contribution in [1.29, 1.82) is 0 Å². The number of carbonyl (C=O) groups is 1. The third-order valence-corrected chi connectivity index (χ3v) is 12.8. The maximum Gasteiger partial charge on any atom is 0.335 e. The molecule has 0 amide bonds. The van der Waals surface area contributed by atoms with Crippen molar-refractivity contribution in [1.82, 2.24) is 0 Å². The Kier molecular flexibility index (Phi) is 8.54. The summed E-state index contributed by atoms with van der Waals surface area (Å²) in [6.45, 7) is 3.83. The molecule has 0 bridgehead atoms. The number of primary sulfonamides is 1. The molecule has 4 aliphatic rings. The number of rotatable bonds is 8. The lowest BCUT2D eigenvalue weighted by atomic mass is 9.68. The Labute approximate surface area is 265 Å². The highest BCUT2D eigenvalue weighted by molar-refractivity contribution is 7.89. The molecule has 0 radical (unpaired) electrons. The number of carboxylic acids is 1. The Morgan fingerprint density at radius 3 is 2.73 bits per heavy atom. The first kappa shape index (κ1) is 31.4. The van der Waals surface area contributed by atoms with Crippen molar-refractivity contribution in [3.63, 3.8) is 0 Å². The lowest BCUT2D eigenvalue weighted by Gasteiger charge is -2.45. The summed E-state index contributed by atoms with van der Waals surface area (Å²) >= 11 is 6.37. The normalized spacial score (nSPS) is 30.7. The highest BCUT2D eigenvalue weighted by atomic mass is 35.5. The van der Waals surface area contributed by atoms with Gasteiger partial charge in [-0.15, -0.1) is 0 Å². The van der Waals surface area contributed by atoms with Gasteiger partial charge in [0.05, 0.1) is 29.2 Å². The summed E-state index contributed by atoms with van der Waals surface area (Å²) in [6, 6.07) is 11.2. The number of hydrogen-bond acceptors (Lipinski definition) is 6. The van der Waals surface area contributed by atoms with Gasteiger partial charge >= 0.3 is 5.97 Å². The van der Waals surface area contributed by atoms with E-state index in [0.29, 0.717) is 38.3 Å². The number of sulfonamides is 1. The van der Waals surface area contributed by atoms with Crippen LogP contribution < -0.4 is 14.8 Å². The maximum atomic E-state index is 12.2. The van der Waals surface area contributed by atoms with E-state index in [4.69, 9.17) is 21.5 Å². The van der Waals surface area contributed by atoms with Crippen LogP contribution in [0.15, 0.2) is 48.6 Å². The van der Waals surface area contributed by atoms with E-state index in [0.717, 1.165) is 55.7 Å². The van der Waals surface area contributed by atoms with Gasteiger partial charge in [-0.25, -0.2) is 18.4 Å². The quantitative estimate of drug-likeness (QED) is 0.315. The van der Waals surface area contributed by atoms with Gasteiger partial charge < -0.3 is 19.8 Å². The largest absolute Gasteiger partial charge is 0.490 e. The second kappa shape index (κ2) is 12.0. The van der Waals surface area contributed by atoms with Crippen LogP contribution in [-0.4, -0.2) is 55.7 Å². The number of anilines is 1. The molecule has 2 saturated carbocycles. The van der Waals surface area contributed by atoms with Crippen molar-refractivity contribution >= 4 is 33.3 Å².